The minimum atomic E-state index is -1.14. The van der Waals surface area contributed by atoms with Crippen molar-refractivity contribution in [2.24, 2.45) is 4.99 Å². The number of aliphatic imine (C=N–C) groups is 1. The molecule has 0 aromatic carbocycles. The molecule has 6 heteroatoms. The average Bonchev–Trinajstić information content (AvgIpc) is 2.29. The third-order valence-corrected chi connectivity index (χ3v) is 2.72. The second-order valence-corrected chi connectivity index (χ2v) is 3.84. The molecular weight excluding hydrogens is 202 g/mol. The monoisotopic (exact) mass is 217 g/mol. The molecule has 0 spiro atoms. The summed E-state index contributed by atoms with van der Waals surface area (Å²) in [6, 6.07) is -0.421. The largest absolute Gasteiger partial charge is 0.452 e. The molecule has 0 aliphatic carbocycles. The van der Waals surface area contributed by atoms with E-state index in [4.69, 9.17) is 14.6 Å². The van der Waals surface area contributed by atoms with Crippen LogP contribution in [0.3, 0.4) is 0 Å². The van der Waals surface area contributed by atoms with E-state index in [9.17, 15) is 10.2 Å². The predicted molar refractivity (Wildman–Crippen MR) is 50.4 cm³/mol. The Morgan fingerprint density at radius 1 is 1.40 bits per heavy atom. The maximum Gasteiger partial charge on any atom is 0.203 e. The van der Waals surface area contributed by atoms with E-state index in [2.05, 4.69) is 4.99 Å². The van der Waals surface area contributed by atoms with Crippen LogP contribution in [0.4, 0.5) is 0 Å². The van der Waals surface area contributed by atoms with Gasteiger partial charge in [-0.05, 0) is 0 Å². The standard InChI is InChI=1S/C9H15NO5/c1-4-10-5-2-7(14-4)15-6(3-11)9(13)8(5)12/h5-9,11-13H,2-3H2,1H3. The first-order chi connectivity index (χ1) is 7.11. The van der Waals surface area contributed by atoms with E-state index in [0.717, 1.165) is 0 Å². The molecule has 0 radical (unpaired) electrons. The van der Waals surface area contributed by atoms with Crippen molar-refractivity contribution in [1.82, 2.24) is 0 Å². The molecule has 6 nitrogen and oxygen atoms in total. The van der Waals surface area contributed by atoms with Crippen molar-refractivity contribution >= 4 is 5.90 Å². The fourth-order valence-corrected chi connectivity index (χ4v) is 1.93. The highest BCUT2D eigenvalue weighted by molar-refractivity contribution is 5.74. The van der Waals surface area contributed by atoms with Crippen LogP contribution in [0.25, 0.3) is 0 Å². The number of aliphatic hydroxyl groups excluding tert-OH is 3. The van der Waals surface area contributed by atoms with Crippen molar-refractivity contribution in [2.75, 3.05) is 6.61 Å². The number of ether oxygens (including phenoxy) is 2. The number of aliphatic hydroxyl groups is 3. The van der Waals surface area contributed by atoms with Crippen molar-refractivity contribution < 1.29 is 24.8 Å². The zero-order valence-corrected chi connectivity index (χ0v) is 8.41. The van der Waals surface area contributed by atoms with Gasteiger partial charge in [-0.1, -0.05) is 0 Å². The molecule has 5 unspecified atom stereocenters. The lowest BCUT2D eigenvalue weighted by molar-refractivity contribution is -0.167. The maximum atomic E-state index is 9.78. The molecule has 15 heavy (non-hydrogen) atoms. The Morgan fingerprint density at radius 2 is 2.13 bits per heavy atom. The summed E-state index contributed by atoms with van der Waals surface area (Å²) in [5, 5.41) is 28.5. The first-order valence-electron chi connectivity index (χ1n) is 4.95. The summed E-state index contributed by atoms with van der Waals surface area (Å²) < 4.78 is 10.6. The second-order valence-electron chi connectivity index (χ2n) is 3.84. The van der Waals surface area contributed by atoms with Gasteiger partial charge in [0.15, 0.2) is 5.90 Å². The Balaban J connectivity index is 2.22. The highest BCUT2D eigenvalue weighted by Crippen LogP contribution is 2.26. The maximum absolute atomic E-state index is 9.78. The van der Waals surface area contributed by atoms with Crippen molar-refractivity contribution in [3.8, 4) is 0 Å². The van der Waals surface area contributed by atoms with E-state index in [-0.39, 0.29) is 6.61 Å². The summed E-state index contributed by atoms with van der Waals surface area (Å²) >= 11 is 0. The van der Waals surface area contributed by atoms with Crippen LogP contribution < -0.4 is 0 Å². The van der Waals surface area contributed by atoms with E-state index in [1.165, 1.54) is 0 Å². The first-order valence-corrected chi connectivity index (χ1v) is 4.95. The zero-order valence-electron chi connectivity index (χ0n) is 8.41. The lowest BCUT2D eigenvalue weighted by Gasteiger charge is -2.25. The molecule has 2 rings (SSSR count). The highest BCUT2D eigenvalue weighted by Gasteiger charge is 2.42. The predicted octanol–water partition coefficient (Wildman–Crippen LogP) is -1.37. The van der Waals surface area contributed by atoms with Crippen LogP contribution in [0.5, 0.6) is 0 Å². The summed E-state index contributed by atoms with van der Waals surface area (Å²) in [6.45, 7) is 1.31. The van der Waals surface area contributed by atoms with E-state index in [1.54, 1.807) is 6.92 Å². The number of rotatable bonds is 1. The van der Waals surface area contributed by atoms with Gasteiger partial charge in [0.1, 0.15) is 18.3 Å². The van der Waals surface area contributed by atoms with Gasteiger partial charge in [-0.15, -0.1) is 0 Å². The van der Waals surface area contributed by atoms with Gasteiger partial charge < -0.3 is 24.8 Å². The zero-order chi connectivity index (χ0) is 11.0. The normalized spacial score (nSPS) is 45.3. The van der Waals surface area contributed by atoms with Gasteiger partial charge in [0.2, 0.25) is 6.29 Å². The molecule has 1 fully saturated rings. The van der Waals surface area contributed by atoms with Crippen LogP contribution >= 0.6 is 0 Å². The molecule has 2 aliphatic heterocycles. The van der Waals surface area contributed by atoms with Crippen molar-refractivity contribution in [1.29, 1.82) is 0 Å². The van der Waals surface area contributed by atoms with E-state index < -0.39 is 30.6 Å². The fourth-order valence-electron chi connectivity index (χ4n) is 1.93. The molecule has 5 atom stereocenters. The van der Waals surface area contributed by atoms with E-state index in [0.29, 0.717) is 12.3 Å². The highest BCUT2D eigenvalue weighted by atomic mass is 16.7. The molecule has 2 aliphatic rings. The number of nitrogens with zero attached hydrogens (tertiary/aromatic N) is 1. The lowest BCUT2D eigenvalue weighted by Crippen LogP contribution is -2.43. The molecule has 0 aromatic heterocycles. The Bertz CT molecular complexity index is 269. The molecule has 86 valence electrons. The molecule has 2 bridgehead atoms. The van der Waals surface area contributed by atoms with Crippen molar-refractivity contribution in [2.45, 2.75) is 44.0 Å². The van der Waals surface area contributed by atoms with Crippen LogP contribution in [-0.4, -0.2) is 58.5 Å². The molecule has 3 N–H and O–H groups in total. The SMILES string of the molecule is CC1=NC2CC(O1)OC(CO)C(O)C2O. The average molecular weight is 217 g/mol. The van der Waals surface area contributed by atoms with Crippen LogP contribution in [-0.2, 0) is 9.47 Å². The second kappa shape index (κ2) is 4.05. The molecule has 0 amide bonds. The first kappa shape index (κ1) is 10.8. The third-order valence-electron chi connectivity index (χ3n) is 2.72. The Kier molecular flexibility index (Phi) is 2.92. The topological polar surface area (TPSA) is 91.5 Å². The lowest BCUT2D eigenvalue weighted by atomic mass is 10.0. The van der Waals surface area contributed by atoms with Gasteiger partial charge >= 0.3 is 0 Å². The number of hydrogen-bond donors (Lipinski definition) is 3. The van der Waals surface area contributed by atoms with Crippen molar-refractivity contribution in [3.05, 3.63) is 0 Å². The molecule has 2 heterocycles. The van der Waals surface area contributed by atoms with E-state index >= 15 is 0 Å². The smallest absolute Gasteiger partial charge is 0.203 e. The fraction of sp³-hybridized carbons (Fsp3) is 0.889. The summed E-state index contributed by atoms with van der Waals surface area (Å²) in [6.07, 6.45) is -3.13. The summed E-state index contributed by atoms with van der Waals surface area (Å²) in [4.78, 5) is 4.09. The summed E-state index contributed by atoms with van der Waals surface area (Å²) in [5.74, 6) is 0.432. The van der Waals surface area contributed by atoms with Gasteiger partial charge in [0, 0.05) is 13.3 Å². The van der Waals surface area contributed by atoms with Gasteiger partial charge in [0.05, 0.1) is 12.6 Å². The van der Waals surface area contributed by atoms with Crippen molar-refractivity contribution in [3.63, 3.8) is 0 Å². The van der Waals surface area contributed by atoms with Crippen LogP contribution in [0.15, 0.2) is 4.99 Å². The Labute approximate surface area is 87.2 Å². The minimum Gasteiger partial charge on any atom is -0.452 e. The molecular formula is C9H15NO5. The van der Waals surface area contributed by atoms with Gasteiger partial charge in [0.25, 0.3) is 0 Å². The third kappa shape index (κ3) is 1.98. The summed E-state index contributed by atoms with van der Waals surface area (Å²) in [7, 11) is 0. The van der Waals surface area contributed by atoms with Crippen LogP contribution in [0.2, 0.25) is 0 Å². The molecule has 0 aromatic rings. The van der Waals surface area contributed by atoms with Gasteiger partial charge in [-0.2, -0.15) is 0 Å². The summed E-state index contributed by atoms with van der Waals surface area (Å²) in [5.41, 5.74) is 0. The Hall–Kier alpha value is -0.690. The van der Waals surface area contributed by atoms with Gasteiger partial charge in [-0.25, -0.2) is 4.99 Å². The Morgan fingerprint density at radius 3 is 2.80 bits per heavy atom. The van der Waals surface area contributed by atoms with Crippen LogP contribution in [0, 0.1) is 0 Å². The van der Waals surface area contributed by atoms with E-state index in [1.807, 2.05) is 0 Å². The molecule has 1 saturated heterocycles. The quantitative estimate of drug-likeness (QED) is 0.504. The van der Waals surface area contributed by atoms with Crippen LogP contribution in [0.1, 0.15) is 13.3 Å². The number of fused-ring (bicyclic) bond motifs is 2. The number of hydrogen-bond acceptors (Lipinski definition) is 6. The van der Waals surface area contributed by atoms with Gasteiger partial charge in [-0.3, -0.25) is 0 Å². The molecule has 0 saturated carbocycles. The minimum absolute atomic E-state index is 0.357.